The van der Waals surface area contributed by atoms with E-state index in [0.717, 1.165) is 15.6 Å². The first-order chi connectivity index (χ1) is 12.0. The minimum atomic E-state index is -1.08. The number of fused-ring (bicyclic) bond motifs is 1. The lowest BCUT2D eigenvalue weighted by Crippen LogP contribution is -2.48. The first-order valence-corrected chi connectivity index (χ1v) is 8.50. The Balaban J connectivity index is 2.13. The summed E-state index contributed by atoms with van der Waals surface area (Å²) in [6.45, 7) is -0.162. The summed E-state index contributed by atoms with van der Waals surface area (Å²) in [7, 11) is 0. The van der Waals surface area contributed by atoms with Crippen molar-refractivity contribution in [2.24, 2.45) is 0 Å². The molecule has 0 saturated carbocycles. The molecule has 2 rings (SSSR count). The van der Waals surface area contributed by atoms with Crippen molar-refractivity contribution in [2.45, 2.75) is 25.3 Å². The fraction of sp³-hybridized carbons (Fsp3) is 0.294. The minimum Gasteiger partial charge on any atom is -0.481 e. The summed E-state index contributed by atoms with van der Waals surface area (Å²) < 4.78 is 1.07. The molecular weight excluding hydrogens is 342 g/mol. The van der Waals surface area contributed by atoms with Gasteiger partial charge in [-0.15, -0.1) is 11.3 Å². The molecule has 0 aliphatic rings. The van der Waals surface area contributed by atoms with Gasteiger partial charge in [0.1, 0.15) is 12.6 Å². The van der Waals surface area contributed by atoms with Gasteiger partial charge in [-0.05, 0) is 22.4 Å². The lowest BCUT2D eigenvalue weighted by molar-refractivity contribution is -0.139. The van der Waals surface area contributed by atoms with Gasteiger partial charge in [0, 0.05) is 17.5 Å². The number of aliphatic carboxylic acids is 1. The van der Waals surface area contributed by atoms with Gasteiger partial charge in [0.15, 0.2) is 0 Å². The zero-order chi connectivity index (χ0) is 18.2. The Kier molecular flexibility index (Phi) is 6.48. The Bertz CT molecular complexity index is 825. The van der Waals surface area contributed by atoms with E-state index in [4.69, 9.17) is 10.4 Å². The molecule has 2 aromatic rings. The maximum absolute atomic E-state index is 12.2. The number of hydrogen-bond acceptors (Lipinski definition) is 5. The number of rotatable bonds is 8. The van der Waals surface area contributed by atoms with Crippen LogP contribution in [0.2, 0.25) is 0 Å². The molecule has 0 aliphatic heterocycles. The van der Waals surface area contributed by atoms with Crippen LogP contribution >= 0.6 is 11.3 Å². The second-order valence-corrected chi connectivity index (χ2v) is 6.26. The van der Waals surface area contributed by atoms with Gasteiger partial charge in [0.2, 0.25) is 11.8 Å². The first-order valence-electron chi connectivity index (χ1n) is 7.62. The number of thiophene rings is 1. The normalized spacial score (nSPS) is 11.5. The molecule has 1 heterocycles. The molecule has 0 bridgehead atoms. The predicted molar refractivity (Wildman–Crippen MR) is 93.0 cm³/mol. The van der Waals surface area contributed by atoms with E-state index in [1.807, 2.05) is 35.7 Å². The minimum absolute atomic E-state index is 0.162. The molecule has 1 aromatic carbocycles. The number of nitrogens with zero attached hydrogens (tertiary/aromatic N) is 1. The summed E-state index contributed by atoms with van der Waals surface area (Å²) in [5.41, 5.74) is 0.913. The van der Waals surface area contributed by atoms with Crippen molar-refractivity contribution in [3.8, 4) is 6.07 Å². The van der Waals surface area contributed by atoms with Gasteiger partial charge < -0.3 is 15.7 Å². The van der Waals surface area contributed by atoms with Gasteiger partial charge in [0.25, 0.3) is 0 Å². The Labute approximate surface area is 148 Å². The molecule has 0 saturated heterocycles. The molecule has 0 spiro atoms. The third-order valence-corrected chi connectivity index (χ3v) is 4.56. The molecule has 3 N–H and O–H groups in total. The van der Waals surface area contributed by atoms with E-state index >= 15 is 0 Å². The second-order valence-electron chi connectivity index (χ2n) is 5.35. The van der Waals surface area contributed by atoms with Crippen molar-refractivity contribution in [3.63, 3.8) is 0 Å². The number of carbonyl (C=O) groups is 3. The standard InChI is InChI=1S/C17H17N3O4S/c18-7-8-19-17(24)13(20-15(21)5-6-16(22)23)9-11-10-25-14-4-2-1-3-12(11)14/h1-4,10,13H,5-6,8-9H2,(H,19,24)(H,20,21)(H,22,23). The molecule has 1 unspecified atom stereocenters. The molecule has 2 amide bonds. The number of nitrogens with one attached hydrogen (secondary N) is 2. The highest BCUT2D eigenvalue weighted by Crippen LogP contribution is 2.26. The Hall–Kier alpha value is -2.92. The summed E-state index contributed by atoms with van der Waals surface area (Å²) in [5.74, 6) is -2.07. The number of hydrogen-bond donors (Lipinski definition) is 3. The largest absolute Gasteiger partial charge is 0.481 e. The van der Waals surface area contributed by atoms with E-state index in [1.54, 1.807) is 11.3 Å². The molecule has 0 fully saturated rings. The van der Waals surface area contributed by atoms with Crippen LogP contribution in [0.25, 0.3) is 10.1 Å². The third-order valence-electron chi connectivity index (χ3n) is 3.54. The first kappa shape index (κ1) is 18.4. The van der Waals surface area contributed by atoms with Crippen molar-refractivity contribution < 1.29 is 19.5 Å². The highest BCUT2D eigenvalue weighted by molar-refractivity contribution is 7.17. The number of benzene rings is 1. The predicted octanol–water partition coefficient (Wildman–Crippen LogP) is 1.43. The molecule has 1 atom stereocenters. The Morgan fingerprint density at radius 2 is 2.00 bits per heavy atom. The zero-order valence-electron chi connectivity index (χ0n) is 13.3. The Morgan fingerprint density at radius 1 is 1.24 bits per heavy atom. The average Bonchev–Trinajstić information content (AvgIpc) is 3.00. The highest BCUT2D eigenvalue weighted by atomic mass is 32.1. The molecule has 0 radical (unpaired) electrons. The van der Waals surface area contributed by atoms with Crippen LogP contribution in [-0.4, -0.2) is 35.5 Å². The van der Waals surface area contributed by atoms with Gasteiger partial charge in [-0.3, -0.25) is 14.4 Å². The topological polar surface area (TPSA) is 119 Å². The van der Waals surface area contributed by atoms with E-state index in [1.165, 1.54) is 0 Å². The van der Waals surface area contributed by atoms with Gasteiger partial charge in [-0.25, -0.2) is 0 Å². The van der Waals surface area contributed by atoms with E-state index in [-0.39, 0.29) is 25.8 Å². The SMILES string of the molecule is N#CCNC(=O)C(Cc1csc2ccccc12)NC(=O)CCC(=O)O. The highest BCUT2D eigenvalue weighted by Gasteiger charge is 2.22. The van der Waals surface area contributed by atoms with Crippen LogP contribution in [0.3, 0.4) is 0 Å². The van der Waals surface area contributed by atoms with E-state index in [2.05, 4.69) is 10.6 Å². The van der Waals surface area contributed by atoms with Crippen molar-refractivity contribution in [3.05, 3.63) is 35.2 Å². The summed E-state index contributed by atoms with van der Waals surface area (Å²) in [4.78, 5) is 34.7. The lowest BCUT2D eigenvalue weighted by atomic mass is 10.0. The molecule has 1 aromatic heterocycles. The number of nitriles is 1. The zero-order valence-corrected chi connectivity index (χ0v) is 14.1. The number of carboxylic acid groups (broad SMARTS) is 1. The fourth-order valence-electron chi connectivity index (χ4n) is 2.36. The monoisotopic (exact) mass is 359 g/mol. The maximum Gasteiger partial charge on any atom is 0.303 e. The van der Waals surface area contributed by atoms with Crippen molar-refractivity contribution >= 4 is 39.2 Å². The number of amides is 2. The summed E-state index contributed by atoms with van der Waals surface area (Å²) in [6, 6.07) is 8.68. The summed E-state index contributed by atoms with van der Waals surface area (Å²) >= 11 is 1.54. The van der Waals surface area contributed by atoms with Crippen LogP contribution in [0.5, 0.6) is 0 Å². The smallest absolute Gasteiger partial charge is 0.303 e. The van der Waals surface area contributed by atoms with Crippen LogP contribution in [0.4, 0.5) is 0 Å². The number of carboxylic acids is 1. The van der Waals surface area contributed by atoms with Crippen LogP contribution in [0.1, 0.15) is 18.4 Å². The van der Waals surface area contributed by atoms with Gasteiger partial charge in [-0.2, -0.15) is 5.26 Å². The van der Waals surface area contributed by atoms with Crippen LogP contribution in [-0.2, 0) is 20.8 Å². The Morgan fingerprint density at radius 3 is 2.72 bits per heavy atom. The maximum atomic E-state index is 12.2. The van der Waals surface area contributed by atoms with E-state index < -0.39 is 23.8 Å². The molecule has 25 heavy (non-hydrogen) atoms. The van der Waals surface area contributed by atoms with Crippen LogP contribution < -0.4 is 10.6 Å². The van der Waals surface area contributed by atoms with Gasteiger partial charge >= 0.3 is 5.97 Å². The van der Waals surface area contributed by atoms with Crippen LogP contribution in [0.15, 0.2) is 29.6 Å². The molecule has 0 aliphatic carbocycles. The molecular formula is C17H17N3O4S. The van der Waals surface area contributed by atoms with Crippen molar-refractivity contribution in [1.29, 1.82) is 5.26 Å². The van der Waals surface area contributed by atoms with Crippen molar-refractivity contribution in [1.82, 2.24) is 10.6 Å². The third kappa shape index (κ3) is 5.29. The molecule has 7 nitrogen and oxygen atoms in total. The second kappa shape index (κ2) is 8.80. The van der Waals surface area contributed by atoms with E-state index in [0.29, 0.717) is 0 Å². The summed E-state index contributed by atoms with van der Waals surface area (Å²) in [6.07, 6.45) is -0.248. The average molecular weight is 359 g/mol. The van der Waals surface area contributed by atoms with Crippen LogP contribution in [0, 0.1) is 11.3 Å². The van der Waals surface area contributed by atoms with Crippen molar-refractivity contribution in [2.75, 3.05) is 6.54 Å². The molecule has 130 valence electrons. The quantitative estimate of drug-likeness (QED) is 0.616. The summed E-state index contributed by atoms with van der Waals surface area (Å²) in [5, 5.41) is 25.2. The van der Waals surface area contributed by atoms with E-state index in [9.17, 15) is 14.4 Å². The fourth-order valence-corrected chi connectivity index (χ4v) is 3.33. The molecule has 8 heteroatoms. The lowest BCUT2D eigenvalue weighted by Gasteiger charge is -2.17. The van der Waals surface area contributed by atoms with Gasteiger partial charge in [0.05, 0.1) is 12.5 Å². The van der Waals surface area contributed by atoms with Gasteiger partial charge in [-0.1, -0.05) is 18.2 Å². The number of carbonyl (C=O) groups excluding carboxylic acids is 2.